The van der Waals surface area contributed by atoms with Crippen molar-refractivity contribution in [3.05, 3.63) is 35.4 Å². The molecule has 0 amide bonds. The Labute approximate surface area is 114 Å². The van der Waals surface area contributed by atoms with E-state index in [1.165, 1.54) is 0 Å². The molecule has 106 valence electrons. The summed E-state index contributed by atoms with van der Waals surface area (Å²) >= 11 is 0. The largest absolute Gasteiger partial charge is 0.480 e. The Balaban J connectivity index is 2.95. The predicted molar refractivity (Wildman–Crippen MR) is 74.8 cm³/mol. The molecule has 19 heavy (non-hydrogen) atoms. The highest BCUT2D eigenvalue weighted by molar-refractivity contribution is 7.92. The maximum Gasteiger partial charge on any atom is 0.321 e. The number of hydrogen-bond acceptors (Lipinski definition) is 3. The molecule has 0 heterocycles. The summed E-state index contributed by atoms with van der Waals surface area (Å²) < 4.78 is 24.4. The minimum atomic E-state index is -3.67. The molecule has 0 saturated carbocycles. The minimum absolute atomic E-state index is 0.181. The van der Waals surface area contributed by atoms with Crippen LogP contribution in [0, 0.1) is 6.92 Å². The van der Waals surface area contributed by atoms with Crippen LogP contribution in [0.2, 0.25) is 0 Å². The van der Waals surface area contributed by atoms with E-state index in [0.29, 0.717) is 12.0 Å². The van der Waals surface area contributed by atoms with Crippen molar-refractivity contribution in [1.29, 1.82) is 0 Å². The van der Waals surface area contributed by atoms with Gasteiger partial charge in [-0.3, -0.25) is 4.79 Å². The molecule has 1 aromatic rings. The molecule has 0 aliphatic carbocycles. The lowest BCUT2D eigenvalue weighted by atomic mass is 10.1. The van der Waals surface area contributed by atoms with Gasteiger partial charge >= 0.3 is 5.97 Å². The second-order valence-corrected chi connectivity index (χ2v) is 6.89. The van der Waals surface area contributed by atoms with Crippen molar-refractivity contribution in [1.82, 2.24) is 0 Å². The second kappa shape index (κ2) is 6.70. The molecule has 1 atom stereocenters. The van der Waals surface area contributed by atoms with Gasteiger partial charge in [-0.1, -0.05) is 44.0 Å². The predicted octanol–water partition coefficient (Wildman–Crippen LogP) is 2.55. The zero-order valence-electron chi connectivity index (χ0n) is 11.3. The Morgan fingerprint density at radius 3 is 2.47 bits per heavy atom. The van der Waals surface area contributed by atoms with Gasteiger partial charge < -0.3 is 5.11 Å². The van der Waals surface area contributed by atoms with Crippen LogP contribution in [0.1, 0.15) is 37.3 Å². The number of carboxylic acids is 1. The van der Waals surface area contributed by atoms with Crippen LogP contribution in [0.5, 0.6) is 0 Å². The first kappa shape index (κ1) is 15.7. The molecule has 4 nitrogen and oxygen atoms in total. The molecule has 0 bridgehead atoms. The Hall–Kier alpha value is -1.36. The smallest absolute Gasteiger partial charge is 0.321 e. The van der Waals surface area contributed by atoms with Crippen molar-refractivity contribution in [2.75, 3.05) is 0 Å². The normalized spacial score (nSPS) is 13.2. The van der Waals surface area contributed by atoms with Gasteiger partial charge in [0.2, 0.25) is 0 Å². The van der Waals surface area contributed by atoms with Gasteiger partial charge in [-0.25, -0.2) is 8.42 Å². The number of hydrogen-bond donors (Lipinski definition) is 1. The van der Waals surface area contributed by atoms with Crippen LogP contribution < -0.4 is 0 Å². The number of aryl methyl sites for hydroxylation is 1. The SMILES string of the molecule is CCCCC(C(=O)O)S(=O)(=O)Cc1ccccc1C. The van der Waals surface area contributed by atoms with Gasteiger partial charge in [0.1, 0.15) is 0 Å². The van der Waals surface area contributed by atoms with Crippen molar-refractivity contribution >= 4 is 15.8 Å². The van der Waals surface area contributed by atoms with E-state index in [1.54, 1.807) is 12.1 Å². The fraction of sp³-hybridized carbons (Fsp3) is 0.500. The summed E-state index contributed by atoms with van der Waals surface area (Å²) in [4.78, 5) is 11.1. The van der Waals surface area contributed by atoms with E-state index in [0.717, 1.165) is 12.0 Å². The van der Waals surface area contributed by atoms with Crippen molar-refractivity contribution in [3.63, 3.8) is 0 Å². The number of sulfone groups is 1. The summed E-state index contributed by atoms with van der Waals surface area (Å²) in [5.74, 6) is -1.46. The van der Waals surface area contributed by atoms with Gasteiger partial charge in [-0.05, 0) is 24.5 Å². The maximum atomic E-state index is 12.2. The number of rotatable bonds is 7. The van der Waals surface area contributed by atoms with Crippen LogP contribution in [-0.4, -0.2) is 24.7 Å². The average Bonchev–Trinajstić information content (AvgIpc) is 2.31. The van der Waals surface area contributed by atoms with Crippen LogP contribution in [0.25, 0.3) is 0 Å². The topological polar surface area (TPSA) is 71.4 Å². The third-order valence-corrected chi connectivity index (χ3v) is 5.16. The van der Waals surface area contributed by atoms with Crippen LogP contribution >= 0.6 is 0 Å². The molecule has 0 aliphatic rings. The molecule has 0 fully saturated rings. The van der Waals surface area contributed by atoms with Gasteiger partial charge in [0, 0.05) is 0 Å². The monoisotopic (exact) mass is 284 g/mol. The first-order valence-electron chi connectivity index (χ1n) is 6.37. The number of carbonyl (C=O) groups is 1. The highest BCUT2D eigenvalue weighted by Crippen LogP contribution is 2.18. The lowest BCUT2D eigenvalue weighted by Crippen LogP contribution is -2.31. The van der Waals surface area contributed by atoms with Crippen molar-refractivity contribution in [3.8, 4) is 0 Å². The van der Waals surface area contributed by atoms with Crippen LogP contribution in [0.15, 0.2) is 24.3 Å². The summed E-state index contributed by atoms with van der Waals surface area (Å²) in [5, 5.41) is 7.80. The van der Waals surface area contributed by atoms with E-state index in [2.05, 4.69) is 0 Å². The van der Waals surface area contributed by atoms with Crippen LogP contribution in [0.3, 0.4) is 0 Å². The summed E-state index contributed by atoms with van der Waals surface area (Å²) in [5.41, 5.74) is 1.54. The molecule has 1 N–H and O–H groups in total. The number of carboxylic acid groups (broad SMARTS) is 1. The number of benzene rings is 1. The zero-order chi connectivity index (χ0) is 14.5. The lowest BCUT2D eigenvalue weighted by molar-refractivity contribution is -0.136. The van der Waals surface area contributed by atoms with Crippen molar-refractivity contribution in [2.45, 2.75) is 44.1 Å². The van der Waals surface area contributed by atoms with Gasteiger partial charge in [-0.2, -0.15) is 0 Å². The summed E-state index contributed by atoms with van der Waals surface area (Å²) in [6.45, 7) is 3.74. The average molecular weight is 284 g/mol. The van der Waals surface area contributed by atoms with Gasteiger partial charge in [-0.15, -0.1) is 0 Å². The van der Waals surface area contributed by atoms with E-state index in [4.69, 9.17) is 5.11 Å². The Morgan fingerprint density at radius 1 is 1.32 bits per heavy atom. The summed E-state index contributed by atoms with van der Waals surface area (Å²) in [6, 6.07) is 7.15. The molecular formula is C14H20O4S. The third kappa shape index (κ3) is 4.35. The molecule has 0 aromatic heterocycles. The number of unbranched alkanes of at least 4 members (excludes halogenated alkanes) is 1. The zero-order valence-corrected chi connectivity index (χ0v) is 12.1. The van der Waals surface area contributed by atoms with Crippen LogP contribution in [0.4, 0.5) is 0 Å². The molecular weight excluding hydrogens is 264 g/mol. The molecule has 1 unspecified atom stereocenters. The standard InChI is InChI=1S/C14H20O4S/c1-3-4-9-13(14(15)16)19(17,18)10-12-8-6-5-7-11(12)2/h5-8,13H,3-4,9-10H2,1-2H3,(H,15,16). The van der Waals surface area contributed by atoms with Crippen molar-refractivity contribution in [2.24, 2.45) is 0 Å². The number of aliphatic carboxylic acids is 1. The van der Waals surface area contributed by atoms with E-state index < -0.39 is 21.1 Å². The fourth-order valence-corrected chi connectivity index (χ4v) is 3.73. The maximum absolute atomic E-state index is 12.2. The van der Waals surface area contributed by atoms with Crippen molar-refractivity contribution < 1.29 is 18.3 Å². The van der Waals surface area contributed by atoms with E-state index in [9.17, 15) is 13.2 Å². The highest BCUT2D eigenvalue weighted by Gasteiger charge is 2.32. The molecule has 0 saturated heterocycles. The third-order valence-electron chi connectivity index (χ3n) is 3.15. The molecule has 0 spiro atoms. The first-order chi connectivity index (χ1) is 8.88. The minimum Gasteiger partial charge on any atom is -0.480 e. The Kier molecular flexibility index (Phi) is 5.54. The Morgan fingerprint density at radius 2 is 1.95 bits per heavy atom. The van der Waals surface area contributed by atoms with Crippen LogP contribution in [-0.2, 0) is 20.4 Å². The highest BCUT2D eigenvalue weighted by atomic mass is 32.2. The molecule has 0 radical (unpaired) electrons. The van der Waals surface area contributed by atoms with Gasteiger partial charge in [0.05, 0.1) is 5.75 Å². The quantitative estimate of drug-likeness (QED) is 0.835. The molecule has 0 aliphatic heterocycles. The second-order valence-electron chi connectivity index (χ2n) is 4.70. The molecule has 1 aromatic carbocycles. The molecule has 5 heteroatoms. The summed E-state index contributed by atoms with van der Waals surface area (Å²) in [6.07, 6.45) is 1.56. The fourth-order valence-electron chi connectivity index (χ4n) is 1.94. The lowest BCUT2D eigenvalue weighted by Gasteiger charge is -2.14. The summed E-state index contributed by atoms with van der Waals surface area (Å²) in [7, 11) is -3.67. The van der Waals surface area contributed by atoms with E-state index in [-0.39, 0.29) is 12.2 Å². The van der Waals surface area contributed by atoms with E-state index >= 15 is 0 Å². The Bertz CT molecular complexity index is 534. The van der Waals surface area contributed by atoms with Gasteiger partial charge in [0.15, 0.2) is 15.1 Å². The van der Waals surface area contributed by atoms with E-state index in [1.807, 2.05) is 26.0 Å². The first-order valence-corrected chi connectivity index (χ1v) is 8.09. The molecule has 1 rings (SSSR count). The van der Waals surface area contributed by atoms with Gasteiger partial charge in [0.25, 0.3) is 0 Å².